The molecule has 0 atom stereocenters. The number of hydrogen-bond donors (Lipinski definition) is 1. The van der Waals surface area contributed by atoms with E-state index in [1.54, 1.807) is 20.1 Å². The van der Waals surface area contributed by atoms with Crippen LogP contribution in [0.5, 0.6) is 5.75 Å². The molecule has 21 heavy (non-hydrogen) atoms. The lowest BCUT2D eigenvalue weighted by atomic mass is 10.1. The van der Waals surface area contributed by atoms with Crippen molar-refractivity contribution in [1.29, 1.82) is 0 Å². The summed E-state index contributed by atoms with van der Waals surface area (Å²) in [5, 5.41) is 14.2. The van der Waals surface area contributed by atoms with Gasteiger partial charge in [-0.15, -0.1) is 0 Å². The summed E-state index contributed by atoms with van der Waals surface area (Å²) in [5.41, 5.74) is 3.71. The van der Waals surface area contributed by atoms with Crippen molar-refractivity contribution < 1.29 is 9.66 Å². The highest BCUT2D eigenvalue weighted by Gasteiger charge is 2.12. The molecule has 2 aromatic rings. The first-order valence-electron chi connectivity index (χ1n) is 6.64. The van der Waals surface area contributed by atoms with E-state index < -0.39 is 0 Å². The molecule has 0 heterocycles. The van der Waals surface area contributed by atoms with E-state index in [2.05, 4.69) is 5.32 Å². The lowest BCUT2D eigenvalue weighted by molar-refractivity contribution is -0.385. The second-order valence-electron chi connectivity index (χ2n) is 4.86. The number of nitro groups is 1. The lowest BCUT2D eigenvalue weighted by Gasteiger charge is -2.11. The summed E-state index contributed by atoms with van der Waals surface area (Å²) >= 11 is 0. The van der Waals surface area contributed by atoms with Crippen LogP contribution in [0.25, 0.3) is 0 Å². The molecule has 0 radical (unpaired) electrons. The van der Waals surface area contributed by atoms with Crippen LogP contribution in [-0.2, 0) is 6.54 Å². The molecule has 0 amide bonds. The number of benzene rings is 2. The Morgan fingerprint density at radius 1 is 1.24 bits per heavy atom. The van der Waals surface area contributed by atoms with Crippen molar-refractivity contribution >= 4 is 11.4 Å². The van der Waals surface area contributed by atoms with Gasteiger partial charge in [0, 0.05) is 23.9 Å². The Hall–Kier alpha value is -2.56. The Balaban J connectivity index is 2.15. The van der Waals surface area contributed by atoms with Gasteiger partial charge < -0.3 is 10.1 Å². The Morgan fingerprint density at radius 2 is 2.00 bits per heavy atom. The van der Waals surface area contributed by atoms with Crippen LogP contribution in [0.4, 0.5) is 11.4 Å². The Bertz CT molecular complexity index is 669. The molecule has 0 aromatic heterocycles. The van der Waals surface area contributed by atoms with Gasteiger partial charge in [-0.3, -0.25) is 10.1 Å². The molecule has 2 aromatic carbocycles. The van der Waals surface area contributed by atoms with Crippen molar-refractivity contribution in [1.82, 2.24) is 0 Å². The van der Waals surface area contributed by atoms with Crippen molar-refractivity contribution in [2.45, 2.75) is 20.4 Å². The molecule has 2 rings (SSSR count). The predicted octanol–water partition coefficient (Wildman–Crippen LogP) is 3.83. The van der Waals surface area contributed by atoms with Gasteiger partial charge in [0.1, 0.15) is 5.75 Å². The van der Waals surface area contributed by atoms with E-state index >= 15 is 0 Å². The average molecular weight is 286 g/mol. The van der Waals surface area contributed by atoms with Crippen LogP contribution in [0.3, 0.4) is 0 Å². The zero-order chi connectivity index (χ0) is 15.4. The first-order valence-corrected chi connectivity index (χ1v) is 6.64. The number of nitrogens with one attached hydrogen (secondary N) is 1. The third-order valence-electron chi connectivity index (χ3n) is 3.44. The molecule has 0 aliphatic carbocycles. The molecule has 0 saturated carbocycles. The van der Waals surface area contributed by atoms with Crippen LogP contribution < -0.4 is 10.1 Å². The highest BCUT2D eigenvalue weighted by molar-refractivity contribution is 5.59. The number of methoxy groups -OCH3 is 1. The summed E-state index contributed by atoms with van der Waals surface area (Å²) in [5.74, 6) is 0.852. The fraction of sp³-hybridized carbons (Fsp3) is 0.250. The number of nitrogens with zero attached hydrogens (tertiary/aromatic N) is 1. The van der Waals surface area contributed by atoms with Gasteiger partial charge in [0.15, 0.2) is 0 Å². The topological polar surface area (TPSA) is 64.4 Å². The van der Waals surface area contributed by atoms with Gasteiger partial charge in [-0.25, -0.2) is 0 Å². The predicted molar refractivity (Wildman–Crippen MR) is 82.9 cm³/mol. The second-order valence-corrected chi connectivity index (χ2v) is 4.86. The zero-order valence-electron chi connectivity index (χ0n) is 12.3. The largest absolute Gasteiger partial charge is 0.496 e. The van der Waals surface area contributed by atoms with Crippen LogP contribution >= 0.6 is 0 Å². The minimum absolute atomic E-state index is 0.130. The Kier molecular flexibility index (Phi) is 4.42. The molecule has 1 N–H and O–H groups in total. The van der Waals surface area contributed by atoms with Crippen molar-refractivity contribution in [3.8, 4) is 5.75 Å². The molecule has 0 saturated heterocycles. The summed E-state index contributed by atoms with van der Waals surface area (Å²) < 4.78 is 5.23. The number of rotatable bonds is 5. The van der Waals surface area contributed by atoms with Crippen molar-refractivity contribution in [2.75, 3.05) is 12.4 Å². The fourth-order valence-corrected chi connectivity index (χ4v) is 2.26. The number of hydrogen-bond acceptors (Lipinski definition) is 4. The van der Waals surface area contributed by atoms with Crippen LogP contribution in [0, 0.1) is 24.0 Å². The number of aryl methyl sites for hydroxylation is 1. The van der Waals surface area contributed by atoms with E-state index in [0.29, 0.717) is 12.1 Å². The molecule has 0 spiro atoms. The Labute approximate surface area is 123 Å². The van der Waals surface area contributed by atoms with Crippen LogP contribution in [0.1, 0.15) is 16.7 Å². The molecule has 5 nitrogen and oxygen atoms in total. The Morgan fingerprint density at radius 3 is 2.62 bits per heavy atom. The van der Waals surface area contributed by atoms with Crippen molar-refractivity contribution in [3.63, 3.8) is 0 Å². The number of anilines is 1. The second kappa shape index (κ2) is 6.26. The third-order valence-corrected chi connectivity index (χ3v) is 3.44. The van der Waals surface area contributed by atoms with Crippen molar-refractivity contribution in [2.24, 2.45) is 0 Å². The summed E-state index contributed by atoms with van der Waals surface area (Å²) in [7, 11) is 1.65. The summed E-state index contributed by atoms with van der Waals surface area (Å²) in [6.45, 7) is 4.34. The maximum atomic E-state index is 10.9. The van der Waals surface area contributed by atoms with Gasteiger partial charge in [-0.2, -0.15) is 0 Å². The first-order chi connectivity index (χ1) is 10.0. The van der Waals surface area contributed by atoms with E-state index in [1.165, 1.54) is 6.07 Å². The number of nitro benzene ring substituents is 1. The van der Waals surface area contributed by atoms with Crippen molar-refractivity contribution in [3.05, 3.63) is 63.2 Å². The highest BCUT2D eigenvalue weighted by Crippen LogP contribution is 2.26. The normalized spacial score (nSPS) is 10.2. The van der Waals surface area contributed by atoms with E-state index in [-0.39, 0.29) is 10.6 Å². The molecule has 5 heteroatoms. The molecule has 0 aliphatic heterocycles. The smallest absolute Gasteiger partial charge is 0.274 e. The molecular weight excluding hydrogens is 268 g/mol. The summed E-state index contributed by atoms with van der Waals surface area (Å²) in [6, 6.07) is 11.0. The zero-order valence-corrected chi connectivity index (χ0v) is 12.3. The highest BCUT2D eigenvalue weighted by atomic mass is 16.6. The van der Waals surface area contributed by atoms with Crippen LogP contribution in [0.15, 0.2) is 36.4 Å². The number of ether oxygens (including phenoxy) is 1. The van der Waals surface area contributed by atoms with E-state index in [1.807, 2.05) is 31.2 Å². The average Bonchev–Trinajstić information content (AvgIpc) is 2.46. The molecule has 0 bridgehead atoms. The lowest BCUT2D eigenvalue weighted by Crippen LogP contribution is -2.03. The van der Waals surface area contributed by atoms with Gasteiger partial charge in [0.05, 0.1) is 12.0 Å². The molecule has 0 fully saturated rings. The molecule has 0 unspecified atom stereocenters. The first kappa shape index (κ1) is 14.8. The maximum Gasteiger partial charge on any atom is 0.274 e. The van der Waals surface area contributed by atoms with E-state index in [4.69, 9.17) is 4.74 Å². The van der Waals surface area contributed by atoms with Gasteiger partial charge in [0.25, 0.3) is 5.69 Å². The van der Waals surface area contributed by atoms with E-state index in [0.717, 1.165) is 22.6 Å². The van der Waals surface area contributed by atoms with Crippen LogP contribution in [0.2, 0.25) is 0 Å². The van der Waals surface area contributed by atoms with E-state index in [9.17, 15) is 10.1 Å². The van der Waals surface area contributed by atoms with Crippen LogP contribution in [-0.4, -0.2) is 12.0 Å². The standard InChI is InChI=1S/C16H18N2O3/c1-11-9-13(7-8-16(11)21-3)10-17-14-5-4-6-15(12(14)2)18(19)20/h4-9,17H,10H2,1-3H3. The summed E-state index contributed by atoms with van der Waals surface area (Å²) in [4.78, 5) is 10.6. The monoisotopic (exact) mass is 286 g/mol. The maximum absolute atomic E-state index is 10.9. The molecule has 110 valence electrons. The van der Waals surface area contributed by atoms with Gasteiger partial charge in [0.2, 0.25) is 0 Å². The van der Waals surface area contributed by atoms with Gasteiger partial charge in [-0.05, 0) is 37.1 Å². The van der Waals surface area contributed by atoms with Gasteiger partial charge in [-0.1, -0.05) is 18.2 Å². The third kappa shape index (κ3) is 3.31. The minimum Gasteiger partial charge on any atom is -0.496 e. The molecule has 0 aliphatic rings. The molecular formula is C16H18N2O3. The fourth-order valence-electron chi connectivity index (χ4n) is 2.26. The minimum atomic E-state index is -0.363. The summed E-state index contributed by atoms with van der Waals surface area (Å²) in [6.07, 6.45) is 0. The SMILES string of the molecule is COc1ccc(CNc2cccc([N+](=O)[O-])c2C)cc1C. The van der Waals surface area contributed by atoms with Gasteiger partial charge >= 0.3 is 0 Å². The quantitative estimate of drug-likeness (QED) is 0.670.